The van der Waals surface area contributed by atoms with Gasteiger partial charge in [-0.1, -0.05) is 45.9 Å². The van der Waals surface area contributed by atoms with Crippen LogP contribution in [0, 0.1) is 45.3 Å². The normalized spacial score (nSPS) is 50.7. The van der Waals surface area contributed by atoms with Gasteiger partial charge in [0.1, 0.15) is 12.2 Å². The van der Waals surface area contributed by atoms with Gasteiger partial charge in [-0.2, -0.15) is 0 Å². The molecule has 6 aliphatic rings. The number of aliphatic hydroxyl groups excluding tert-OH is 1. The Labute approximate surface area is 236 Å². The van der Waals surface area contributed by atoms with Crippen LogP contribution in [0.3, 0.4) is 0 Å². The molecule has 0 aromatic carbocycles. The topological polar surface area (TPSA) is 108 Å². The van der Waals surface area contributed by atoms with E-state index in [9.17, 15) is 19.5 Å². The number of aliphatic hydroxyl groups is 1. The van der Waals surface area contributed by atoms with Gasteiger partial charge < -0.3 is 24.1 Å². The van der Waals surface area contributed by atoms with E-state index in [0.717, 1.165) is 19.3 Å². The number of hydrogen-bond donors (Lipinski definition) is 1. The van der Waals surface area contributed by atoms with Crippen molar-refractivity contribution in [3.05, 3.63) is 23.8 Å². The highest BCUT2D eigenvalue weighted by Gasteiger charge is 2.77. The molecule has 0 aromatic heterocycles. The smallest absolute Gasteiger partial charge is 0.333 e. The van der Waals surface area contributed by atoms with Gasteiger partial charge in [0.05, 0.1) is 31.8 Å². The molecule has 40 heavy (non-hydrogen) atoms. The molecule has 12 atom stereocenters. The summed E-state index contributed by atoms with van der Waals surface area (Å²) in [4.78, 5) is 37.4. The highest BCUT2D eigenvalue weighted by atomic mass is 16.6. The van der Waals surface area contributed by atoms with Crippen molar-refractivity contribution >= 4 is 17.9 Å². The highest BCUT2D eigenvalue weighted by Crippen LogP contribution is 2.75. The van der Waals surface area contributed by atoms with Crippen molar-refractivity contribution in [1.29, 1.82) is 0 Å². The fraction of sp³-hybridized carbons (Fsp3) is 0.781. The molecule has 8 nitrogen and oxygen atoms in total. The molecule has 220 valence electrons. The first kappa shape index (κ1) is 28.0. The van der Waals surface area contributed by atoms with E-state index < -0.39 is 46.6 Å². The summed E-state index contributed by atoms with van der Waals surface area (Å²) in [6.07, 6.45) is 3.43. The van der Waals surface area contributed by atoms with Gasteiger partial charge in [0.15, 0.2) is 0 Å². The van der Waals surface area contributed by atoms with Crippen LogP contribution in [0.4, 0.5) is 0 Å². The van der Waals surface area contributed by atoms with Gasteiger partial charge in [-0.3, -0.25) is 9.59 Å². The van der Waals surface area contributed by atoms with E-state index >= 15 is 0 Å². The van der Waals surface area contributed by atoms with Crippen molar-refractivity contribution in [2.75, 3.05) is 13.2 Å². The second-order valence-corrected chi connectivity index (χ2v) is 14.5. The van der Waals surface area contributed by atoms with Crippen LogP contribution in [0.15, 0.2) is 23.8 Å². The Morgan fingerprint density at radius 1 is 1.15 bits per heavy atom. The largest absolute Gasteiger partial charge is 0.465 e. The first-order valence-corrected chi connectivity index (χ1v) is 14.9. The molecule has 8 heteroatoms. The van der Waals surface area contributed by atoms with Crippen LogP contribution in [0.5, 0.6) is 0 Å². The summed E-state index contributed by atoms with van der Waals surface area (Å²) in [5.41, 5.74) is -0.301. The average Bonchev–Trinajstić information content (AvgIpc) is 3.56. The lowest BCUT2D eigenvalue weighted by molar-refractivity contribution is -0.263. The Morgan fingerprint density at radius 2 is 1.88 bits per heavy atom. The number of fused-ring (bicyclic) bond motifs is 4. The summed E-state index contributed by atoms with van der Waals surface area (Å²) in [5, 5.41) is 12.0. The Bertz CT molecular complexity index is 1190. The molecule has 0 aromatic rings. The molecule has 2 saturated heterocycles. The van der Waals surface area contributed by atoms with Crippen LogP contribution in [-0.2, 0) is 33.3 Å². The monoisotopic (exact) mass is 556 g/mol. The number of rotatable bonds is 4. The third kappa shape index (κ3) is 3.47. The lowest BCUT2D eigenvalue weighted by atomic mass is 9.36. The van der Waals surface area contributed by atoms with Crippen molar-refractivity contribution in [3.8, 4) is 0 Å². The first-order chi connectivity index (χ1) is 18.7. The first-order valence-electron chi connectivity index (χ1n) is 14.9. The molecule has 4 aliphatic carbocycles. The van der Waals surface area contributed by atoms with E-state index in [-0.39, 0.29) is 41.0 Å². The average molecular weight is 557 g/mol. The Kier molecular flexibility index (Phi) is 6.22. The summed E-state index contributed by atoms with van der Waals surface area (Å²) < 4.78 is 24.2. The SMILES string of the molecule is C=C(C)C(=O)O[C@@H]1[C@@H]2OC[C@]3(C)[C@H](OC(C)=O)C[C@H](O)[C@@](C)([C@@H]23)[C@H]2CC[C@]3(C)C(=CC[C@H]3[C@H]3COC(=O)C3)[C@]12C. The summed E-state index contributed by atoms with van der Waals surface area (Å²) in [7, 11) is 0. The molecule has 2 aliphatic heterocycles. The Hall–Kier alpha value is -2.19. The van der Waals surface area contributed by atoms with Crippen LogP contribution >= 0.6 is 0 Å². The number of hydrogen-bond acceptors (Lipinski definition) is 8. The van der Waals surface area contributed by atoms with E-state index in [1.165, 1.54) is 12.5 Å². The lowest BCUT2D eigenvalue weighted by Gasteiger charge is -2.69. The van der Waals surface area contributed by atoms with Crippen LogP contribution in [0.25, 0.3) is 0 Å². The molecule has 2 heterocycles. The second-order valence-electron chi connectivity index (χ2n) is 14.5. The number of esters is 3. The maximum atomic E-state index is 13.2. The standard InChI is InChI=1S/C32H44O8/c1-16(2)28(36)40-27-25-26-30(5,15-38-25)23(39-17(3)33)13-22(34)32(26,7)21-10-11-29(4)19(18-12-24(35)37-14-18)8-9-20(29)31(21,27)6/h9,18-19,21-23,25-27,34H,1,8,10-15H2,2-7H3/t18-,19+,21+,22+,23-,25-,26+,27-,29+,30-,31+,32+/m1/s1. The van der Waals surface area contributed by atoms with Gasteiger partial charge >= 0.3 is 17.9 Å². The van der Waals surface area contributed by atoms with E-state index in [4.69, 9.17) is 18.9 Å². The molecule has 0 radical (unpaired) electrons. The zero-order valence-electron chi connectivity index (χ0n) is 24.7. The molecule has 1 N–H and O–H groups in total. The van der Waals surface area contributed by atoms with E-state index in [1.54, 1.807) is 6.92 Å². The molecule has 0 unspecified atom stereocenters. The maximum absolute atomic E-state index is 13.2. The molecule has 0 bridgehead atoms. The zero-order chi connectivity index (χ0) is 29.0. The van der Waals surface area contributed by atoms with Gasteiger partial charge in [-0.15, -0.1) is 0 Å². The van der Waals surface area contributed by atoms with Crippen molar-refractivity contribution in [3.63, 3.8) is 0 Å². The third-order valence-electron chi connectivity index (χ3n) is 12.4. The van der Waals surface area contributed by atoms with Crippen LogP contribution in [-0.4, -0.2) is 60.6 Å². The third-order valence-corrected chi connectivity index (χ3v) is 12.4. The molecule has 5 fully saturated rings. The van der Waals surface area contributed by atoms with Crippen molar-refractivity contribution in [2.24, 2.45) is 45.3 Å². The maximum Gasteiger partial charge on any atom is 0.333 e. The fourth-order valence-electron chi connectivity index (χ4n) is 10.8. The number of cyclic esters (lactones) is 1. The highest BCUT2D eigenvalue weighted by molar-refractivity contribution is 5.87. The minimum Gasteiger partial charge on any atom is -0.465 e. The Balaban J connectivity index is 1.48. The van der Waals surface area contributed by atoms with Gasteiger partial charge in [0.2, 0.25) is 0 Å². The lowest BCUT2D eigenvalue weighted by Crippen LogP contribution is -2.73. The molecule has 0 spiro atoms. The summed E-state index contributed by atoms with van der Waals surface area (Å²) in [6.45, 7) is 16.5. The minimum absolute atomic E-state index is 0.00184. The van der Waals surface area contributed by atoms with Crippen LogP contribution in [0.2, 0.25) is 0 Å². The molecule has 3 saturated carbocycles. The van der Waals surface area contributed by atoms with Crippen LogP contribution in [0.1, 0.15) is 73.6 Å². The second kappa shape index (κ2) is 8.90. The van der Waals surface area contributed by atoms with Crippen molar-refractivity contribution < 1.29 is 38.4 Å². The van der Waals surface area contributed by atoms with Crippen molar-refractivity contribution in [1.82, 2.24) is 0 Å². The summed E-state index contributed by atoms with van der Waals surface area (Å²) >= 11 is 0. The predicted octanol–water partition coefficient (Wildman–Crippen LogP) is 4.14. The van der Waals surface area contributed by atoms with E-state index in [1.807, 2.05) is 0 Å². The molecule has 6 rings (SSSR count). The number of ether oxygens (including phenoxy) is 4. The van der Waals surface area contributed by atoms with Gasteiger partial charge in [0, 0.05) is 47.0 Å². The minimum atomic E-state index is -0.718. The molecule has 0 amide bonds. The van der Waals surface area contributed by atoms with Gasteiger partial charge in [-0.05, 0) is 43.4 Å². The number of carbonyl (C=O) groups is 3. The quantitative estimate of drug-likeness (QED) is 0.238. The zero-order valence-corrected chi connectivity index (χ0v) is 24.7. The predicted molar refractivity (Wildman–Crippen MR) is 145 cm³/mol. The van der Waals surface area contributed by atoms with Crippen molar-refractivity contribution in [2.45, 2.75) is 98.1 Å². The van der Waals surface area contributed by atoms with Gasteiger partial charge in [-0.25, -0.2) is 4.79 Å². The van der Waals surface area contributed by atoms with E-state index in [0.29, 0.717) is 31.6 Å². The molecular formula is C32H44O8. The number of carbonyl (C=O) groups excluding carboxylic acids is 3. The fourth-order valence-corrected chi connectivity index (χ4v) is 10.8. The van der Waals surface area contributed by atoms with Gasteiger partial charge in [0.25, 0.3) is 0 Å². The summed E-state index contributed by atoms with van der Waals surface area (Å²) in [6, 6.07) is 0. The number of allylic oxidation sites excluding steroid dienone is 1. The van der Waals surface area contributed by atoms with Crippen LogP contribution < -0.4 is 0 Å². The molecular weight excluding hydrogens is 512 g/mol. The van der Waals surface area contributed by atoms with E-state index in [2.05, 4.69) is 40.3 Å². The summed E-state index contributed by atoms with van der Waals surface area (Å²) in [5.74, 6) is -0.721. The Morgan fingerprint density at radius 3 is 2.50 bits per heavy atom.